The topological polar surface area (TPSA) is 75.7 Å². The summed E-state index contributed by atoms with van der Waals surface area (Å²) in [5.74, 6) is 0.352. The van der Waals surface area contributed by atoms with E-state index in [1.807, 2.05) is 42.5 Å². The van der Waals surface area contributed by atoms with Crippen molar-refractivity contribution in [3.8, 4) is 5.75 Å². The summed E-state index contributed by atoms with van der Waals surface area (Å²) in [7, 11) is -0.735. The minimum absolute atomic E-state index is 0.155. The van der Waals surface area contributed by atoms with Crippen molar-refractivity contribution >= 4 is 32.4 Å². The first-order valence-electron chi connectivity index (χ1n) is 10.4. The minimum atomic E-state index is -3.74. The Morgan fingerprint density at radius 1 is 0.879 bits per heavy atom. The molecule has 0 saturated heterocycles. The molecule has 168 valence electrons. The number of hydrogen-bond donors (Lipinski definition) is 1. The predicted octanol–water partition coefficient (Wildman–Crippen LogP) is 4.60. The molecule has 0 atom stereocenters. The highest BCUT2D eigenvalue weighted by Gasteiger charge is 2.21. The molecule has 1 N–H and O–H groups in total. The highest BCUT2D eigenvalue weighted by atomic mass is 32.2. The lowest BCUT2D eigenvalue weighted by Gasteiger charge is -2.20. The molecule has 0 unspecified atom stereocenters. The number of ether oxygens (including phenoxy) is 1. The Morgan fingerprint density at radius 2 is 1.55 bits per heavy atom. The van der Waals surface area contributed by atoms with Gasteiger partial charge in [-0.3, -0.25) is 9.10 Å². The normalized spacial score (nSPS) is 11.2. The molecule has 1 amide bonds. The molecule has 0 aliphatic rings. The van der Waals surface area contributed by atoms with Gasteiger partial charge >= 0.3 is 0 Å². The molecule has 7 heteroatoms. The highest BCUT2D eigenvalue weighted by molar-refractivity contribution is 7.92. The van der Waals surface area contributed by atoms with Crippen LogP contribution in [0, 0.1) is 0 Å². The van der Waals surface area contributed by atoms with E-state index in [1.165, 1.54) is 30.6 Å². The van der Waals surface area contributed by atoms with Gasteiger partial charge in [-0.25, -0.2) is 8.42 Å². The van der Waals surface area contributed by atoms with Gasteiger partial charge in [0.1, 0.15) is 5.75 Å². The second-order valence-corrected chi connectivity index (χ2v) is 9.49. The van der Waals surface area contributed by atoms with Gasteiger partial charge in [0.05, 0.1) is 17.7 Å². The Labute approximate surface area is 193 Å². The Kier molecular flexibility index (Phi) is 6.33. The summed E-state index contributed by atoms with van der Waals surface area (Å²) in [6, 6.07) is 26.7. The number of fused-ring (bicyclic) bond motifs is 1. The van der Waals surface area contributed by atoms with Crippen LogP contribution >= 0.6 is 0 Å². The van der Waals surface area contributed by atoms with Crippen molar-refractivity contribution in [3.05, 3.63) is 102 Å². The van der Waals surface area contributed by atoms with E-state index in [4.69, 9.17) is 4.74 Å². The van der Waals surface area contributed by atoms with E-state index >= 15 is 0 Å². The van der Waals surface area contributed by atoms with Gasteiger partial charge in [0.15, 0.2) is 0 Å². The summed E-state index contributed by atoms with van der Waals surface area (Å²) in [4.78, 5) is 12.8. The first-order valence-corrected chi connectivity index (χ1v) is 11.8. The third kappa shape index (κ3) is 4.68. The summed E-state index contributed by atoms with van der Waals surface area (Å²) in [5, 5.41) is 5.16. The first-order chi connectivity index (χ1) is 15.9. The van der Waals surface area contributed by atoms with Crippen molar-refractivity contribution in [1.29, 1.82) is 0 Å². The van der Waals surface area contributed by atoms with Crippen LogP contribution < -0.4 is 14.4 Å². The van der Waals surface area contributed by atoms with Crippen LogP contribution in [-0.4, -0.2) is 28.5 Å². The zero-order valence-corrected chi connectivity index (χ0v) is 19.2. The fraction of sp³-hybridized carbons (Fsp3) is 0.115. The van der Waals surface area contributed by atoms with Gasteiger partial charge in [0.25, 0.3) is 15.9 Å². The van der Waals surface area contributed by atoms with Gasteiger partial charge in [-0.15, -0.1) is 0 Å². The molecule has 0 radical (unpaired) electrons. The first kappa shape index (κ1) is 22.4. The maximum Gasteiger partial charge on any atom is 0.264 e. The number of carbonyl (C=O) groups excluding carboxylic acids is 1. The fourth-order valence-electron chi connectivity index (χ4n) is 3.59. The van der Waals surface area contributed by atoms with E-state index in [0.29, 0.717) is 23.5 Å². The van der Waals surface area contributed by atoms with Gasteiger partial charge in [0.2, 0.25) is 0 Å². The molecule has 6 nitrogen and oxygen atoms in total. The largest absolute Gasteiger partial charge is 0.497 e. The van der Waals surface area contributed by atoms with Crippen LogP contribution in [0.25, 0.3) is 10.8 Å². The van der Waals surface area contributed by atoms with Gasteiger partial charge < -0.3 is 10.1 Å². The highest BCUT2D eigenvalue weighted by Crippen LogP contribution is 2.24. The molecule has 0 spiro atoms. The van der Waals surface area contributed by atoms with E-state index in [9.17, 15) is 13.2 Å². The average Bonchev–Trinajstić information content (AvgIpc) is 2.86. The van der Waals surface area contributed by atoms with E-state index < -0.39 is 10.0 Å². The summed E-state index contributed by atoms with van der Waals surface area (Å²) in [6.45, 7) is 0.397. The number of benzene rings is 4. The Bertz CT molecular complexity index is 1380. The fourth-order valence-corrected chi connectivity index (χ4v) is 4.79. The molecule has 4 aromatic carbocycles. The number of nitrogens with zero attached hydrogens (tertiary/aromatic N) is 1. The van der Waals surface area contributed by atoms with Crippen molar-refractivity contribution in [1.82, 2.24) is 5.32 Å². The average molecular weight is 461 g/mol. The molecule has 0 heterocycles. The second kappa shape index (κ2) is 9.34. The number of rotatable bonds is 7. The number of anilines is 1. The third-order valence-corrected chi connectivity index (χ3v) is 7.33. The predicted molar refractivity (Wildman–Crippen MR) is 130 cm³/mol. The zero-order valence-electron chi connectivity index (χ0n) is 18.4. The van der Waals surface area contributed by atoms with Crippen LogP contribution in [-0.2, 0) is 16.6 Å². The second-order valence-electron chi connectivity index (χ2n) is 7.52. The van der Waals surface area contributed by atoms with Crippen molar-refractivity contribution < 1.29 is 17.9 Å². The molecule has 0 aliphatic carbocycles. The van der Waals surface area contributed by atoms with Gasteiger partial charge in [-0.1, -0.05) is 42.5 Å². The van der Waals surface area contributed by atoms with E-state index in [-0.39, 0.29) is 10.8 Å². The molecule has 0 aromatic heterocycles. The molecule has 0 saturated carbocycles. The summed E-state index contributed by atoms with van der Waals surface area (Å²) in [5.41, 5.74) is 1.94. The monoisotopic (exact) mass is 460 g/mol. The van der Waals surface area contributed by atoms with Crippen molar-refractivity contribution in [2.24, 2.45) is 0 Å². The van der Waals surface area contributed by atoms with Gasteiger partial charge in [-0.05, 0) is 64.9 Å². The van der Waals surface area contributed by atoms with Crippen LogP contribution in [0.1, 0.15) is 15.9 Å². The number of carbonyl (C=O) groups is 1. The van der Waals surface area contributed by atoms with Crippen LogP contribution in [0.5, 0.6) is 5.75 Å². The number of nitrogens with one attached hydrogen (secondary N) is 1. The summed E-state index contributed by atoms with van der Waals surface area (Å²) < 4.78 is 32.1. The van der Waals surface area contributed by atoms with Crippen LogP contribution in [0.4, 0.5) is 5.69 Å². The van der Waals surface area contributed by atoms with E-state index in [2.05, 4.69) is 5.32 Å². The minimum Gasteiger partial charge on any atom is -0.497 e. The Hall–Kier alpha value is -3.84. The molecule has 4 rings (SSSR count). The lowest BCUT2D eigenvalue weighted by atomic mass is 10.0. The van der Waals surface area contributed by atoms with Crippen molar-refractivity contribution in [2.75, 3.05) is 18.5 Å². The van der Waals surface area contributed by atoms with E-state index in [0.717, 1.165) is 16.3 Å². The number of amides is 1. The lowest BCUT2D eigenvalue weighted by molar-refractivity contribution is 0.0951. The van der Waals surface area contributed by atoms with Crippen molar-refractivity contribution in [2.45, 2.75) is 11.4 Å². The molecular formula is C26H24N2O4S. The van der Waals surface area contributed by atoms with Gasteiger partial charge in [0, 0.05) is 19.2 Å². The quantitative estimate of drug-likeness (QED) is 0.437. The summed E-state index contributed by atoms with van der Waals surface area (Å²) in [6.07, 6.45) is 0. The Morgan fingerprint density at radius 3 is 2.24 bits per heavy atom. The molecule has 0 bridgehead atoms. The molecule has 33 heavy (non-hydrogen) atoms. The SMILES string of the molecule is COc1ccc(S(=O)(=O)N(C)c2ccc(C(=O)NCc3cccc4ccccc34)cc2)cc1. The summed E-state index contributed by atoms with van der Waals surface area (Å²) >= 11 is 0. The maximum absolute atomic E-state index is 12.9. The molecule has 0 fully saturated rings. The number of sulfonamides is 1. The van der Waals surface area contributed by atoms with Crippen LogP contribution in [0.2, 0.25) is 0 Å². The molecular weight excluding hydrogens is 436 g/mol. The van der Waals surface area contributed by atoms with E-state index in [1.54, 1.807) is 36.4 Å². The van der Waals surface area contributed by atoms with Gasteiger partial charge in [-0.2, -0.15) is 0 Å². The molecule has 4 aromatic rings. The smallest absolute Gasteiger partial charge is 0.264 e. The number of methoxy groups -OCH3 is 1. The third-order valence-electron chi connectivity index (χ3n) is 5.53. The maximum atomic E-state index is 12.9. The van der Waals surface area contributed by atoms with Crippen molar-refractivity contribution in [3.63, 3.8) is 0 Å². The van der Waals surface area contributed by atoms with Crippen LogP contribution in [0.15, 0.2) is 95.9 Å². The van der Waals surface area contributed by atoms with Crippen LogP contribution in [0.3, 0.4) is 0 Å². The Balaban J connectivity index is 1.46. The lowest BCUT2D eigenvalue weighted by Crippen LogP contribution is -2.27. The standard InChI is InChI=1S/C26H24N2O4S/c1-28(33(30,31)24-16-14-23(32-2)15-17-24)22-12-10-20(11-13-22)26(29)27-18-21-8-5-7-19-6-3-4-9-25(19)21/h3-17H,18H2,1-2H3,(H,27,29). The zero-order chi connectivity index (χ0) is 23.4. The number of hydrogen-bond acceptors (Lipinski definition) is 4. The molecule has 0 aliphatic heterocycles.